The first-order valence-corrected chi connectivity index (χ1v) is 6.78. The summed E-state index contributed by atoms with van der Waals surface area (Å²) in [7, 11) is 0. The Morgan fingerprint density at radius 3 is 2.81 bits per heavy atom. The van der Waals surface area contributed by atoms with Crippen LogP contribution in [-0.2, 0) is 17.7 Å². The van der Waals surface area contributed by atoms with Crippen LogP contribution in [0.3, 0.4) is 0 Å². The molecule has 0 aliphatic heterocycles. The monoisotopic (exact) mass is 283 g/mol. The molecule has 5 heteroatoms. The van der Waals surface area contributed by atoms with Gasteiger partial charge in [0.25, 0.3) is 0 Å². The standard InChI is InChI=1S/C16H17N3O2/c1-2-21-16(20)15-14(8-10-18-15)19-11-13-6-4-3-5-12(13)7-9-17/h3-6,8,10,18-19H,2,7,11H2,1H3. The molecule has 2 N–H and O–H groups in total. The van der Waals surface area contributed by atoms with E-state index in [1.807, 2.05) is 24.3 Å². The van der Waals surface area contributed by atoms with Crippen molar-refractivity contribution in [2.24, 2.45) is 0 Å². The number of carbonyl (C=O) groups excluding carboxylic acids is 1. The second-order valence-electron chi connectivity index (χ2n) is 4.44. The minimum absolute atomic E-state index is 0.336. The molecule has 0 unspecified atom stereocenters. The number of ether oxygens (including phenoxy) is 1. The van der Waals surface area contributed by atoms with E-state index in [1.165, 1.54) is 0 Å². The number of nitrogens with one attached hydrogen (secondary N) is 2. The van der Waals surface area contributed by atoms with Crippen molar-refractivity contribution in [3.05, 3.63) is 53.3 Å². The summed E-state index contributed by atoms with van der Waals surface area (Å²) in [6, 6.07) is 11.7. The molecule has 0 bridgehead atoms. The fourth-order valence-corrected chi connectivity index (χ4v) is 2.07. The van der Waals surface area contributed by atoms with Crippen molar-refractivity contribution >= 4 is 11.7 Å². The number of rotatable bonds is 6. The lowest BCUT2D eigenvalue weighted by Gasteiger charge is -2.10. The summed E-state index contributed by atoms with van der Waals surface area (Å²) < 4.78 is 4.99. The van der Waals surface area contributed by atoms with Gasteiger partial charge >= 0.3 is 5.97 Å². The van der Waals surface area contributed by atoms with E-state index in [4.69, 9.17) is 10.00 Å². The van der Waals surface area contributed by atoms with Crippen molar-refractivity contribution in [2.75, 3.05) is 11.9 Å². The van der Waals surface area contributed by atoms with E-state index in [0.717, 1.165) is 11.1 Å². The Hall–Kier alpha value is -2.74. The molecule has 5 nitrogen and oxygen atoms in total. The number of esters is 1. The van der Waals surface area contributed by atoms with Crippen LogP contribution in [0.2, 0.25) is 0 Å². The summed E-state index contributed by atoms with van der Waals surface area (Å²) in [5.74, 6) is -0.379. The largest absolute Gasteiger partial charge is 0.461 e. The minimum atomic E-state index is -0.379. The lowest BCUT2D eigenvalue weighted by Crippen LogP contribution is -2.10. The molecular weight excluding hydrogens is 266 g/mol. The van der Waals surface area contributed by atoms with E-state index in [9.17, 15) is 4.79 Å². The number of aromatic amines is 1. The van der Waals surface area contributed by atoms with Gasteiger partial charge in [0.2, 0.25) is 0 Å². The van der Waals surface area contributed by atoms with Crippen molar-refractivity contribution in [3.8, 4) is 6.07 Å². The zero-order valence-electron chi connectivity index (χ0n) is 11.8. The molecule has 0 atom stereocenters. The van der Waals surface area contributed by atoms with Crippen LogP contribution in [0.15, 0.2) is 36.5 Å². The molecule has 1 aromatic carbocycles. The maximum atomic E-state index is 11.8. The molecule has 0 saturated heterocycles. The molecule has 0 aliphatic rings. The normalized spacial score (nSPS) is 9.90. The first kappa shape index (κ1) is 14.7. The molecule has 21 heavy (non-hydrogen) atoms. The van der Waals surface area contributed by atoms with E-state index in [1.54, 1.807) is 19.2 Å². The number of H-pyrrole nitrogens is 1. The number of hydrogen-bond acceptors (Lipinski definition) is 4. The lowest BCUT2D eigenvalue weighted by molar-refractivity contribution is 0.0521. The van der Waals surface area contributed by atoms with Gasteiger partial charge in [0.1, 0.15) is 5.69 Å². The van der Waals surface area contributed by atoms with Crippen molar-refractivity contribution in [1.82, 2.24) is 4.98 Å². The number of carbonyl (C=O) groups is 1. The van der Waals surface area contributed by atoms with Crippen LogP contribution in [0.1, 0.15) is 28.5 Å². The second kappa shape index (κ2) is 7.15. The van der Waals surface area contributed by atoms with Crippen molar-refractivity contribution < 1.29 is 9.53 Å². The Morgan fingerprint density at radius 1 is 1.33 bits per heavy atom. The average molecular weight is 283 g/mol. The third-order valence-corrected chi connectivity index (χ3v) is 3.08. The SMILES string of the molecule is CCOC(=O)c1[nH]ccc1NCc1ccccc1CC#N. The number of nitriles is 1. The van der Waals surface area contributed by atoms with Crippen LogP contribution in [-0.4, -0.2) is 17.6 Å². The lowest BCUT2D eigenvalue weighted by atomic mass is 10.1. The maximum absolute atomic E-state index is 11.8. The van der Waals surface area contributed by atoms with Crippen molar-refractivity contribution in [2.45, 2.75) is 19.9 Å². The highest BCUT2D eigenvalue weighted by Crippen LogP contribution is 2.17. The van der Waals surface area contributed by atoms with Crippen LogP contribution in [0.4, 0.5) is 5.69 Å². The van der Waals surface area contributed by atoms with E-state index >= 15 is 0 Å². The molecule has 0 fully saturated rings. The van der Waals surface area contributed by atoms with Gasteiger partial charge in [0, 0.05) is 12.7 Å². The summed E-state index contributed by atoms with van der Waals surface area (Å²) in [6.07, 6.45) is 2.06. The van der Waals surface area contributed by atoms with Crippen LogP contribution in [0.25, 0.3) is 0 Å². The molecule has 0 spiro atoms. The Bertz CT molecular complexity index is 656. The van der Waals surface area contributed by atoms with E-state index in [0.29, 0.717) is 31.0 Å². The van der Waals surface area contributed by atoms with E-state index in [-0.39, 0.29) is 5.97 Å². The Kier molecular flexibility index (Phi) is 4.99. The third-order valence-electron chi connectivity index (χ3n) is 3.08. The molecular formula is C16H17N3O2. The Labute approximate surface area is 123 Å². The van der Waals surface area contributed by atoms with Gasteiger partial charge in [-0.1, -0.05) is 24.3 Å². The molecule has 0 amide bonds. The summed E-state index contributed by atoms with van der Waals surface area (Å²) in [5.41, 5.74) is 3.13. The van der Waals surface area contributed by atoms with Gasteiger partial charge in [-0.25, -0.2) is 4.79 Å². The molecule has 108 valence electrons. The van der Waals surface area contributed by atoms with Gasteiger partial charge in [-0.2, -0.15) is 5.26 Å². The Balaban J connectivity index is 2.09. The van der Waals surface area contributed by atoms with Crippen LogP contribution < -0.4 is 5.32 Å². The zero-order chi connectivity index (χ0) is 15.1. The number of anilines is 1. The fourth-order valence-electron chi connectivity index (χ4n) is 2.07. The zero-order valence-corrected chi connectivity index (χ0v) is 11.8. The van der Waals surface area contributed by atoms with Crippen molar-refractivity contribution in [3.63, 3.8) is 0 Å². The number of hydrogen-bond donors (Lipinski definition) is 2. The van der Waals surface area contributed by atoms with Gasteiger partial charge < -0.3 is 15.0 Å². The average Bonchev–Trinajstić information content (AvgIpc) is 2.95. The Morgan fingerprint density at radius 2 is 2.10 bits per heavy atom. The first-order valence-electron chi connectivity index (χ1n) is 6.78. The van der Waals surface area contributed by atoms with Crippen molar-refractivity contribution in [1.29, 1.82) is 5.26 Å². The molecule has 1 aromatic heterocycles. The number of nitrogens with zero attached hydrogens (tertiary/aromatic N) is 1. The van der Waals surface area contributed by atoms with Crippen LogP contribution in [0, 0.1) is 11.3 Å². The highest BCUT2D eigenvalue weighted by Gasteiger charge is 2.13. The van der Waals surface area contributed by atoms with Gasteiger partial charge in [0.15, 0.2) is 0 Å². The molecule has 2 rings (SSSR count). The summed E-state index contributed by atoms with van der Waals surface area (Å²) >= 11 is 0. The van der Waals surface area contributed by atoms with Crippen LogP contribution >= 0.6 is 0 Å². The smallest absolute Gasteiger partial charge is 0.356 e. The third kappa shape index (κ3) is 3.63. The molecule has 0 saturated carbocycles. The number of benzene rings is 1. The van der Waals surface area contributed by atoms with Gasteiger partial charge in [-0.3, -0.25) is 0 Å². The predicted molar refractivity (Wildman–Crippen MR) is 79.8 cm³/mol. The summed E-state index contributed by atoms with van der Waals surface area (Å²) in [4.78, 5) is 14.6. The van der Waals surface area contributed by atoms with Gasteiger partial charge in [-0.15, -0.1) is 0 Å². The topological polar surface area (TPSA) is 77.9 Å². The van der Waals surface area contributed by atoms with Gasteiger partial charge in [-0.05, 0) is 24.1 Å². The second-order valence-corrected chi connectivity index (χ2v) is 4.44. The highest BCUT2D eigenvalue weighted by molar-refractivity contribution is 5.93. The van der Waals surface area contributed by atoms with E-state index in [2.05, 4.69) is 16.4 Å². The minimum Gasteiger partial charge on any atom is -0.461 e. The predicted octanol–water partition coefficient (Wildman–Crippen LogP) is 2.87. The highest BCUT2D eigenvalue weighted by atomic mass is 16.5. The summed E-state index contributed by atoms with van der Waals surface area (Å²) in [6.45, 7) is 2.65. The quantitative estimate of drug-likeness (QED) is 0.799. The molecule has 1 heterocycles. The molecule has 0 aliphatic carbocycles. The van der Waals surface area contributed by atoms with E-state index < -0.39 is 0 Å². The molecule has 2 aromatic rings. The molecule has 0 radical (unpaired) electrons. The fraction of sp³-hybridized carbons (Fsp3) is 0.250. The van der Waals surface area contributed by atoms with Gasteiger partial charge in [0.05, 0.1) is 24.8 Å². The maximum Gasteiger partial charge on any atom is 0.356 e. The number of aromatic nitrogens is 1. The van der Waals surface area contributed by atoms with Crippen LogP contribution in [0.5, 0.6) is 0 Å². The summed E-state index contributed by atoms with van der Waals surface area (Å²) in [5, 5.41) is 12.0. The first-order chi connectivity index (χ1) is 10.3.